The third-order valence-electron chi connectivity index (χ3n) is 2.77. The minimum atomic E-state index is -0.363. The number of hydrogen-bond donors (Lipinski definition) is 1. The molecule has 1 unspecified atom stereocenters. The van der Waals surface area contributed by atoms with E-state index in [2.05, 4.69) is 4.98 Å². The number of halogens is 1. The maximum atomic E-state index is 12.8. The van der Waals surface area contributed by atoms with Crippen molar-refractivity contribution >= 4 is 11.3 Å². The van der Waals surface area contributed by atoms with E-state index in [1.54, 1.807) is 23.5 Å². The number of aryl methyl sites for hydroxylation is 1. The number of rotatable bonds is 4. The van der Waals surface area contributed by atoms with Gasteiger partial charge in [0.1, 0.15) is 5.82 Å². The Balaban J connectivity index is 2.04. The van der Waals surface area contributed by atoms with Gasteiger partial charge in [0.25, 0.3) is 0 Å². The monoisotopic (exact) mass is 264 g/mol. The van der Waals surface area contributed by atoms with Crippen LogP contribution in [0, 0.1) is 12.7 Å². The van der Waals surface area contributed by atoms with Gasteiger partial charge in [-0.25, -0.2) is 9.37 Å². The predicted octanol–water partition coefficient (Wildman–Crippen LogP) is 3.09. The summed E-state index contributed by atoms with van der Waals surface area (Å²) < 4.78 is 12.8. The van der Waals surface area contributed by atoms with Crippen LogP contribution in [0.4, 0.5) is 4.39 Å². The van der Waals surface area contributed by atoms with Gasteiger partial charge in [-0.2, -0.15) is 0 Å². The Labute approximate surface area is 111 Å². The lowest BCUT2D eigenvalue weighted by Gasteiger charge is -2.23. The molecule has 4 heteroatoms. The molecule has 2 rings (SSSR count). The molecule has 96 valence electrons. The molecule has 0 fully saturated rings. The number of hydrogen-bond acceptors (Lipinski definition) is 3. The topological polar surface area (TPSA) is 38.9 Å². The molecule has 2 aromatic rings. The van der Waals surface area contributed by atoms with Crippen LogP contribution in [0.3, 0.4) is 0 Å². The second-order valence-corrected chi connectivity index (χ2v) is 6.05. The first-order valence-corrected chi connectivity index (χ1v) is 6.77. The third-order valence-corrected chi connectivity index (χ3v) is 3.60. The molecule has 0 amide bonds. The van der Waals surface area contributed by atoms with Gasteiger partial charge in [-0.1, -0.05) is 12.1 Å². The molecule has 0 saturated heterocycles. The van der Waals surface area contributed by atoms with Crippen molar-refractivity contribution in [2.45, 2.75) is 32.2 Å². The zero-order valence-corrected chi connectivity index (χ0v) is 11.4. The van der Waals surface area contributed by atoms with Crippen LogP contribution in [0.5, 0.6) is 0 Å². The Bertz CT molecular complexity index is 517. The number of nitrogens with two attached hydrogens (primary N) is 1. The van der Waals surface area contributed by atoms with Crippen molar-refractivity contribution in [3.8, 4) is 0 Å². The molecule has 18 heavy (non-hydrogen) atoms. The molecule has 0 aliphatic heterocycles. The van der Waals surface area contributed by atoms with Crippen molar-refractivity contribution in [1.29, 1.82) is 0 Å². The van der Waals surface area contributed by atoms with Crippen molar-refractivity contribution in [1.82, 2.24) is 4.98 Å². The maximum Gasteiger partial charge on any atom is 0.123 e. The molecule has 0 saturated carbocycles. The average Bonchev–Trinajstić information content (AvgIpc) is 2.66. The van der Waals surface area contributed by atoms with Gasteiger partial charge in [0, 0.05) is 17.3 Å². The molecule has 1 atom stereocenters. The van der Waals surface area contributed by atoms with Gasteiger partial charge >= 0.3 is 0 Å². The quantitative estimate of drug-likeness (QED) is 0.921. The molecule has 0 radical (unpaired) electrons. The minimum Gasteiger partial charge on any atom is -0.325 e. The van der Waals surface area contributed by atoms with Crippen molar-refractivity contribution in [2.24, 2.45) is 5.73 Å². The Kier molecular flexibility index (Phi) is 3.78. The first kappa shape index (κ1) is 13.2. The lowest BCUT2D eigenvalue weighted by molar-refractivity contribution is 0.458. The maximum absolute atomic E-state index is 12.8. The molecule has 1 aromatic carbocycles. The molecule has 1 aromatic heterocycles. The van der Waals surface area contributed by atoms with E-state index in [0.29, 0.717) is 6.42 Å². The summed E-state index contributed by atoms with van der Waals surface area (Å²) in [5.74, 6) is -0.215. The predicted molar refractivity (Wildman–Crippen MR) is 73.3 cm³/mol. The van der Waals surface area contributed by atoms with E-state index in [-0.39, 0.29) is 11.4 Å². The number of benzene rings is 1. The van der Waals surface area contributed by atoms with Crippen LogP contribution in [0.25, 0.3) is 0 Å². The summed E-state index contributed by atoms with van der Waals surface area (Å²) in [6.45, 7) is 3.99. The minimum absolute atomic E-state index is 0.215. The summed E-state index contributed by atoms with van der Waals surface area (Å²) in [5, 5.41) is 3.10. The third kappa shape index (κ3) is 3.62. The fourth-order valence-electron chi connectivity index (χ4n) is 2.03. The average molecular weight is 264 g/mol. The van der Waals surface area contributed by atoms with E-state index >= 15 is 0 Å². The summed E-state index contributed by atoms with van der Waals surface area (Å²) in [5.41, 5.74) is 8.02. The van der Waals surface area contributed by atoms with E-state index in [9.17, 15) is 4.39 Å². The highest BCUT2D eigenvalue weighted by Gasteiger charge is 2.21. The normalized spacial score (nSPS) is 14.4. The smallest absolute Gasteiger partial charge is 0.123 e. The van der Waals surface area contributed by atoms with Gasteiger partial charge in [-0.3, -0.25) is 0 Å². The van der Waals surface area contributed by atoms with Crippen LogP contribution in [0.1, 0.15) is 23.2 Å². The summed E-state index contributed by atoms with van der Waals surface area (Å²) in [6, 6.07) is 6.51. The van der Waals surface area contributed by atoms with E-state index in [0.717, 1.165) is 22.7 Å². The Morgan fingerprint density at radius 1 is 1.28 bits per heavy atom. The van der Waals surface area contributed by atoms with Crippen molar-refractivity contribution in [3.05, 3.63) is 51.7 Å². The number of aromatic nitrogens is 1. The standard InChI is InChI=1S/C14H17FN2S/c1-10-17-13(9-18-10)8-14(2,16)7-11-3-5-12(15)6-4-11/h3-6,9H,7-8,16H2,1-2H3. The largest absolute Gasteiger partial charge is 0.325 e. The lowest BCUT2D eigenvalue weighted by atomic mass is 9.89. The van der Waals surface area contributed by atoms with Gasteiger partial charge in [0.2, 0.25) is 0 Å². The van der Waals surface area contributed by atoms with Crippen LogP contribution < -0.4 is 5.73 Å². The Morgan fingerprint density at radius 2 is 1.94 bits per heavy atom. The SMILES string of the molecule is Cc1nc(CC(C)(N)Cc2ccc(F)cc2)cs1. The summed E-state index contributed by atoms with van der Waals surface area (Å²) in [4.78, 5) is 4.43. The van der Waals surface area contributed by atoms with Crippen LogP contribution in [0.2, 0.25) is 0 Å². The molecular weight excluding hydrogens is 247 g/mol. The molecular formula is C14H17FN2S. The number of thiazole rings is 1. The van der Waals surface area contributed by atoms with E-state index in [1.807, 2.05) is 19.2 Å². The van der Waals surface area contributed by atoms with Crippen LogP contribution >= 0.6 is 11.3 Å². The second kappa shape index (κ2) is 5.16. The fourth-order valence-corrected chi connectivity index (χ4v) is 2.65. The second-order valence-electron chi connectivity index (χ2n) is 4.99. The first-order chi connectivity index (χ1) is 8.44. The highest BCUT2D eigenvalue weighted by molar-refractivity contribution is 7.09. The molecule has 0 spiro atoms. The molecule has 2 nitrogen and oxygen atoms in total. The van der Waals surface area contributed by atoms with Crippen LogP contribution in [-0.4, -0.2) is 10.5 Å². The summed E-state index contributed by atoms with van der Waals surface area (Å²) in [7, 11) is 0. The van der Waals surface area contributed by atoms with E-state index < -0.39 is 0 Å². The van der Waals surface area contributed by atoms with Crippen molar-refractivity contribution in [2.75, 3.05) is 0 Å². The zero-order valence-electron chi connectivity index (χ0n) is 10.6. The van der Waals surface area contributed by atoms with Gasteiger partial charge in [-0.15, -0.1) is 11.3 Å². The highest BCUT2D eigenvalue weighted by Crippen LogP contribution is 2.18. The summed E-state index contributed by atoms with van der Waals surface area (Å²) in [6.07, 6.45) is 1.44. The molecule has 0 bridgehead atoms. The van der Waals surface area contributed by atoms with Gasteiger partial charge in [0.15, 0.2) is 0 Å². The van der Waals surface area contributed by atoms with Crippen LogP contribution in [0.15, 0.2) is 29.6 Å². The Morgan fingerprint density at radius 3 is 2.50 bits per heavy atom. The Hall–Kier alpha value is -1.26. The van der Waals surface area contributed by atoms with Gasteiger partial charge in [-0.05, 0) is 38.0 Å². The molecule has 0 aliphatic carbocycles. The van der Waals surface area contributed by atoms with E-state index in [1.165, 1.54) is 12.1 Å². The first-order valence-electron chi connectivity index (χ1n) is 5.89. The van der Waals surface area contributed by atoms with Crippen molar-refractivity contribution in [3.63, 3.8) is 0 Å². The van der Waals surface area contributed by atoms with E-state index in [4.69, 9.17) is 5.73 Å². The van der Waals surface area contributed by atoms with Gasteiger partial charge in [0.05, 0.1) is 10.7 Å². The molecule has 1 heterocycles. The molecule has 2 N–H and O–H groups in total. The van der Waals surface area contributed by atoms with Gasteiger partial charge < -0.3 is 5.73 Å². The van der Waals surface area contributed by atoms with Crippen LogP contribution in [-0.2, 0) is 12.8 Å². The zero-order chi connectivity index (χ0) is 13.2. The number of nitrogens with zero attached hydrogens (tertiary/aromatic N) is 1. The lowest BCUT2D eigenvalue weighted by Crippen LogP contribution is -2.41. The molecule has 0 aliphatic rings. The van der Waals surface area contributed by atoms with Crippen molar-refractivity contribution < 1.29 is 4.39 Å². The fraction of sp³-hybridized carbons (Fsp3) is 0.357. The highest BCUT2D eigenvalue weighted by atomic mass is 32.1. The summed E-state index contributed by atoms with van der Waals surface area (Å²) >= 11 is 1.64.